The normalized spacial score (nSPS) is 10.1. The lowest BCUT2D eigenvalue weighted by Crippen LogP contribution is -2.09. The number of thiophene rings is 1. The number of amides is 1. The summed E-state index contributed by atoms with van der Waals surface area (Å²) in [6, 6.07) is 5.46. The summed E-state index contributed by atoms with van der Waals surface area (Å²) in [5.41, 5.74) is 6.63. The third-order valence-electron chi connectivity index (χ3n) is 2.35. The van der Waals surface area contributed by atoms with Crippen molar-refractivity contribution in [2.75, 3.05) is 12.4 Å². The van der Waals surface area contributed by atoms with Gasteiger partial charge in [0, 0.05) is 22.9 Å². The Labute approximate surface area is 109 Å². The van der Waals surface area contributed by atoms with E-state index in [0.29, 0.717) is 18.0 Å². The summed E-state index contributed by atoms with van der Waals surface area (Å²) >= 11 is 1.50. The molecule has 0 bridgehead atoms. The maximum Gasteiger partial charge on any atom is 0.249 e. The number of carbonyl (C=O) groups is 1. The minimum Gasteiger partial charge on any atom is -0.481 e. The van der Waals surface area contributed by atoms with E-state index in [-0.39, 0.29) is 0 Å². The number of nitrogens with two attached hydrogens (primary N) is 1. The maximum atomic E-state index is 10.9. The van der Waals surface area contributed by atoms with Crippen LogP contribution in [0.2, 0.25) is 0 Å². The van der Waals surface area contributed by atoms with Crippen molar-refractivity contribution in [3.05, 3.63) is 40.2 Å². The summed E-state index contributed by atoms with van der Waals surface area (Å²) in [4.78, 5) is 16.1. The molecule has 0 spiro atoms. The fourth-order valence-corrected chi connectivity index (χ4v) is 2.21. The molecule has 5 nitrogen and oxygen atoms in total. The fraction of sp³-hybridized carbons (Fsp3) is 0.167. The summed E-state index contributed by atoms with van der Waals surface area (Å²) in [5.74, 6) is 0.177. The molecule has 2 aromatic rings. The lowest BCUT2D eigenvalue weighted by Gasteiger charge is -2.04. The van der Waals surface area contributed by atoms with E-state index in [1.165, 1.54) is 11.3 Å². The van der Waals surface area contributed by atoms with E-state index in [9.17, 15) is 4.79 Å². The number of hydrogen-bond acceptors (Lipinski definition) is 5. The first-order chi connectivity index (χ1) is 8.69. The average Bonchev–Trinajstić information content (AvgIpc) is 2.86. The second-order valence-corrected chi connectivity index (χ2v) is 4.60. The van der Waals surface area contributed by atoms with Crippen LogP contribution in [0.25, 0.3) is 0 Å². The number of hydrogen-bond donors (Lipinski definition) is 2. The van der Waals surface area contributed by atoms with Crippen LogP contribution < -0.4 is 15.8 Å². The zero-order valence-electron chi connectivity index (χ0n) is 9.84. The molecule has 0 aliphatic heterocycles. The Kier molecular flexibility index (Phi) is 3.78. The molecule has 2 rings (SSSR count). The van der Waals surface area contributed by atoms with Gasteiger partial charge >= 0.3 is 0 Å². The van der Waals surface area contributed by atoms with Gasteiger partial charge in [-0.2, -0.15) is 0 Å². The number of anilines is 1. The van der Waals surface area contributed by atoms with Crippen LogP contribution >= 0.6 is 11.3 Å². The molecule has 94 valence electrons. The van der Waals surface area contributed by atoms with Crippen molar-refractivity contribution in [3.63, 3.8) is 0 Å². The SMILES string of the molecule is COc1ccc(NCc2cc(C(N)=O)cs2)cn1. The Morgan fingerprint density at radius 1 is 1.56 bits per heavy atom. The molecular formula is C12H13N3O2S. The number of pyridine rings is 1. The molecule has 2 heterocycles. The fourth-order valence-electron chi connectivity index (χ4n) is 1.40. The van der Waals surface area contributed by atoms with Crippen molar-refractivity contribution in [3.8, 4) is 5.88 Å². The van der Waals surface area contributed by atoms with Gasteiger partial charge in [0.2, 0.25) is 11.8 Å². The number of nitrogens with zero attached hydrogens (tertiary/aromatic N) is 1. The van der Waals surface area contributed by atoms with Crippen LogP contribution in [0, 0.1) is 0 Å². The van der Waals surface area contributed by atoms with Gasteiger partial charge in [0.15, 0.2) is 0 Å². The lowest BCUT2D eigenvalue weighted by molar-refractivity contribution is 0.100. The van der Waals surface area contributed by atoms with Crippen molar-refractivity contribution in [2.24, 2.45) is 5.73 Å². The smallest absolute Gasteiger partial charge is 0.249 e. The predicted octanol–water partition coefficient (Wildman–Crippen LogP) is 1.86. The van der Waals surface area contributed by atoms with E-state index >= 15 is 0 Å². The Morgan fingerprint density at radius 3 is 2.94 bits per heavy atom. The van der Waals surface area contributed by atoms with Crippen molar-refractivity contribution in [1.82, 2.24) is 4.98 Å². The number of methoxy groups -OCH3 is 1. The number of primary amides is 1. The molecule has 6 heteroatoms. The molecule has 0 radical (unpaired) electrons. The van der Waals surface area contributed by atoms with Gasteiger partial charge < -0.3 is 15.8 Å². The molecule has 0 aliphatic rings. The van der Waals surface area contributed by atoms with Crippen LogP contribution in [0.1, 0.15) is 15.2 Å². The lowest BCUT2D eigenvalue weighted by atomic mass is 10.3. The minimum absolute atomic E-state index is 0.399. The summed E-state index contributed by atoms with van der Waals surface area (Å²) < 4.78 is 4.97. The van der Waals surface area contributed by atoms with Gasteiger partial charge in [0.25, 0.3) is 0 Å². The minimum atomic E-state index is -0.399. The molecule has 2 aromatic heterocycles. The van der Waals surface area contributed by atoms with Gasteiger partial charge in [0.1, 0.15) is 0 Å². The monoisotopic (exact) mass is 263 g/mol. The van der Waals surface area contributed by atoms with Crippen molar-refractivity contribution >= 4 is 22.9 Å². The van der Waals surface area contributed by atoms with Crippen LogP contribution in [0.3, 0.4) is 0 Å². The average molecular weight is 263 g/mol. The topological polar surface area (TPSA) is 77.2 Å². The van der Waals surface area contributed by atoms with Crippen molar-refractivity contribution in [2.45, 2.75) is 6.54 Å². The number of nitrogens with one attached hydrogen (secondary N) is 1. The third kappa shape index (κ3) is 2.98. The molecule has 0 saturated carbocycles. The largest absolute Gasteiger partial charge is 0.481 e. The van der Waals surface area contributed by atoms with Crippen molar-refractivity contribution in [1.29, 1.82) is 0 Å². The number of carbonyl (C=O) groups excluding carboxylic acids is 1. The predicted molar refractivity (Wildman–Crippen MR) is 71.0 cm³/mol. The van der Waals surface area contributed by atoms with Gasteiger partial charge in [-0.1, -0.05) is 0 Å². The molecule has 18 heavy (non-hydrogen) atoms. The molecule has 0 unspecified atom stereocenters. The summed E-state index contributed by atoms with van der Waals surface area (Å²) in [6.07, 6.45) is 1.70. The number of ether oxygens (including phenoxy) is 1. The quantitative estimate of drug-likeness (QED) is 0.863. The molecule has 0 fully saturated rings. The highest BCUT2D eigenvalue weighted by molar-refractivity contribution is 7.10. The van der Waals surface area contributed by atoms with Crippen molar-refractivity contribution < 1.29 is 9.53 Å². The van der Waals surface area contributed by atoms with Gasteiger partial charge in [-0.3, -0.25) is 4.79 Å². The molecular weight excluding hydrogens is 250 g/mol. The van der Waals surface area contributed by atoms with E-state index in [2.05, 4.69) is 10.3 Å². The molecule has 1 amide bonds. The van der Waals surface area contributed by atoms with E-state index in [4.69, 9.17) is 10.5 Å². The maximum absolute atomic E-state index is 10.9. The van der Waals surface area contributed by atoms with Crippen LogP contribution in [0.4, 0.5) is 5.69 Å². The molecule has 0 aliphatic carbocycles. The Morgan fingerprint density at radius 2 is 2.39 bits per heavy atom. The standard InChI is InChI=1S/C12H13N3O2S/c1-17-11-3-2-9(5-15-11)14-6-10-4-8(7-18-10)12(13)16/h2-5,7,14H,6H2,1H3,(H2,13,16). The molecule has 0 aromatic carbocycles. The number of rotatable bonds is 5. The second kappa shape index (κ2) is 5.50. The van der Waals surface area contributed by atoms with Gasteiger partial charge in [-0.25, -0.2) is 4.98 Å². The Balaban J connectivity index is 1.95. The summed E-state index contributed by atoms with van der Waals surface area (Å²) in [6.45, 7) is 0.631. The third-order valence-corrected chi connectivity index (χ3v) is 3.29. The summed E-state index contributed by atoms with van der Waals surface area (Å²) in [5, 5.41) is 4.96. The van der Waals surface area contributed by atoms with Gasteiger partial charge in [-0.15, -0.1) is 11.3 Å². The van der Waals surface area contributed by atoms with E-state index in [0.717, 1.165) is 10.6 Å². The first-order valence-corrected chi connectivity index (χ1v) is 6.18. The van der Waals surface area contributed by atoms with Gasteiger partial charge in [-0.05, 0) is 12.1 Å². The first kappa shape index (κ1) is 12.4. The molecule has 0 saturated heterocycles. The van der Waals surface area contributed by atoms with Crippen LogP contribution in [0.5, 0.6) is 5.88 Å². The Bertz CT molecular complexity index is 537. The summed E-state index contributed by atoms with van der Waals surface area (Å²) in [7, 11) is 1.58. The highest BCUT2D eigenvalue weighted by atomic mass is 32.1. The number of aromatic nitrogens is 1. The van der Waals surface area contributed by atoms with Crippen LogP contribution in [-0.4, -0.2) is 18.0 Å². The highest BCUT2D eigenvalue weighted by Crippen LogP contribution is 2.17. The molecule has 3 N–H and O–H groups in total. The zero-order chi connectivity index (χ0) is 13.0. The Hall–Kier alpha value is -2.08. The highest BCUT2D eigenvalue weighted by Gasteiger charge is 2.04. The van der Waals surface area contributed by atoms with Gasteiger partial charge in [0.05, 0.1) is 24.6 Å². The van der Waals surface area contributed by atoms with E-state index < -0.39 is 5.91 Å². The molecule has 0 atom stereocenters. The zero-order valence-corrected chi connectivity index (χ0v) is 10.7. The first-order valence-electron chi connectivity index (χ1n) is 5.30. The van der Waals surface area contributed by atoms with E-state index in [1.54, 1.807) is 30.8 Å². The van der Waals surface area contributed by atoms with Crippen LogP contribution in [0.15, 0.2) is 29.8 Å². The van der Waals surface area contributed by atoms with E-state index in [1.807, 2.05) is 6.07 Å². The van der Waals surface area contributed by atoms with Crippen LogP contribution in [-0.2, 0) is 6.54 Å². The second-order valence-electron chi connectivity index (χ2n) is 3.61.